The number of benzene rings is 2. The Morgan fingerprint density at radius 2 is 1.63 bits per heavy atom. The monoisotopic (exact) mass is 410 g/mol. The third-order valence-electron chi connectivity index (χ3n) is 4.09. The van der Waals surface area contributed by atoms with E-state index in [0.717, 1.165) is 0 Å². The van der Waals surface area contributed by atoms with E-state index in [1.165, 1.54) is 35.2 Å². The lowest BCUT2D eigenvalue weighted by molar-refractivity contribution is -0.119. The maximum absolute atomic E-state index is 13.0. The first-order valence-corrected chi connectivity index (χ1v) is 8.98. The van der Waals surface area contributed by atoms with Gasteiger partial charge in [0.25, 0.3) is 11.8 Å². The van der Waals surface area contributed by atoms with Gasteiger partial charge < -0.3 is 19.4 Å². The van der Waals surface area contributed by atoms with Crippen LogP contribution in [-0.4, -0.2) is 43.4 Å². The molecular formula is C22H19FN2O5. The van der Waals surface area contributed by atoms with Crippen LogP contribution in [-0.2, 0) is 9.53 Å². The molecule has 3 aromatic rings. The molecule has 1 aromatic heterocycles. The van der Waals surface area contributed by atoms with Crippen LogP contribution < -0.4 is 5.32 Å². The Labute approximate surface area is 172 Å². The molecule has 0 aliphatic carbocycles. The largest absolute Gasteiger partial charge is 0.450 e. The van der Waals surface area contributed by atoms with Crippen molar-refractivity contribution in [3.63, 3.8) is 0 Å². The predicted octanol–water partition coefficient (Wildman–Crippen LogP) is 3.58. The van der Waals surface area contributed by atoms with Gasteiger partial charge in [0.15, 0.2) is 6.61 Å². The zero-order valence-electron chi connectivity index (χ0n) is 16.3. The average molecular weight is 410 g/mol. The lowest BCUT2D eigenvalue weighted by atomic mass is 10.2. The third kappa shape index (κ3) is 5.11. The molecule has 2 aromatic carbocycles. The van der Waals surface area contributed by atoms with Crippen LogP contribution in [0.15, 0.2) is 65.1 Å². The summed E-state index contributed by atoms with van der Waals surface area (Å²) in [7, 11) is 3.29. The molecule has 1 heterocycles. The summed E-state index contributed by atoms with van der Waals surface area (Å²) in [5.74, 6) is -1.58. The van der Waals surface area contributed by atoms with Crippen molar-refractivity contribution in [3.05, 3.63) is 77.8 Å². The highest BCUT2D eigenvalue weighted by atomic mass is 19.1. The standard InChI is InChI=1S/C22H19FN2O5/c1-25(2)21(27)15-5-9-17(10-6-15)24-20(26)13-29-22(28)19-12-11-18(30-19)14-3-7-16(23)8-4-14/h3-12H,13H2,1-2H3,(H,24,26). The van der Waals surface area contributed by atoms with Crippen LogP contribution in [0.4, 0.5) is 10.1 Å². The van der Waals surface area contributed by atoms with Gasteiger partial charge in [-0.15, -0.1) is 0 Å². The molecule has 0 bridgehead atoms. The summed E-state index contributed by atoms with van der Waals surface area (Å²) < 4.78 is 23.4. The number of hydrogen-bond donors (Lipinski definition) is 1. The van der Waals surface area contributed by atoms with Crippen LogP contribution in [0.1, 0.15) is 20.9 Å². The smallest absolute Gasteiger partial charge is 0.374 e. The Morgan fingerprint density at radius 1 is 0.967 bits per heavy atom. The van der Waals surface area contributed by atoms with E-state index in [4.69, 9.17) is 9.15 Å². The number of anilines is 1. The molecule has 30 heavy (non-hydrogen) atoms. The molecule has 3 rings (SSSR count). The summed E-state index contributed by atoms with van der Waals surface area (Å²) in [6, 6.07) is 14.9. The van der Waals surface area contributed by atoms with Crippen LogP contribution in [0.25, 0.3) is 11.3 Å². The number of carbonyl (C=O) groups is 3. The summed E-state index contributed by atoms with van der Waals surface area (Å²) in [5.41, 5.74) is 1.55. The molecule has 0 saturated carbocycles. The molecular weight excluding hydrogens is 391 g/mol. The first-order chi connectivity index (χ1) is 14.3. The molecule has 0 spiro atoms. The zero-order chi connectivity index (χ0) is 21.7. The first kappa shape index (κ1) is 20.8. The maximum atomic E-state index is 13.0. The van der Waals surface area contributed by atoms with Gasteiger partial charge in [0.2, 0.25) is 5.76 Å². The predicted molar refractivity (Wildman–Crippen MR) is 107 cm³/mol. The molecule has 0 aliphatic rings. The lowest BCUT2D eigenvalue weighted by Gasteiger charge is -2.11. The summed E-state index contributed by atoms with van der Waals surface area (Å²) in [6.07, 6.45) is 0. The van der Waals surface area contributed by atoms with Crippen molar-refractivity contribution in [3.8, 4) is 11.3 Å². The number of ether oxygens (including phenoxy) is 1. The number of hydrogen-bond acceptors (Lipinski definition) is 5. The summed E-state index contributed by atoms with van der Waals surface area (Å²) in [6.45, 7) is -0.510. The van der Waals surface area contributed by atoms with E-state index >= 15 is 0 Å². The van der Waals surface area contributed by atoms with E-state index in [1.807, 2.05) is 0 Å². The summed E-state index contributed by atoms with van der Waals surface area (Å²) in [4.78, 5) is 37.4. The highest BCUT2D eigenvalue weighted by Gasteiger charge is 2.16. The molecule has 0 saturated heterocycles. The molecule has 0 atom stereocenters. The summed E-state index contributed by atoms with van der Waals surface area (Å²) >= 11 is 0. The molecule has 0 aliphatic heterocycles. The van der Waals surface area contributed by atoms with Gasteiger partial charge in [-0.3, -0.25) is 9.59 Å². The number of carbonyl (C=O) groups excluding carboxylic acids is 3. The number of nitrogens with one attached hydrogen (secondary N) is 1. The van der Waals surface area contributed by atoms with E-state index in [0.29, 0.717) is 22.6 Å². The van der Waals surface area contributed by atoms with Crippen molar-refractivity contribution >= 4 is 23.5 Å². The van der Waals surface area contributed by atoms with E-state index < -0.39 is 18.5 Å². The minimum atomic E-state index is -0.801. The van der Waals surface area contributed by atoms with Crippen molar-refractivity contribution in [2.24, 2.45) is 0 Å². The quantitative estimate of drug-likeness (QED) is 0.628. The van der Waals surface area contributed by atoms with Crippen LogP contribution in [0.5, 0.6) is 0 Å². The molecule has 8 heteroatoms. The SMILES string of the molecule is CN(C)C(=O)c1ccc(NC(=O)COC(=O)c2ccc(-c3ccc(F)cc3)o2)cc1. The molecule has 7 nitrogen and oxygen atoms in total. The average Bonchev–Trinajstić information content (AvgIpc) is 3.23. The lowest BCUT2D eigenvalue weighted by Crippen LogP contribution is -2.22. The number of rotatable bonds is 6. The molecule has 1 N–H and O–H groups in total. The second kappa shape index (κ2) is 9.04. The van der Waals surface area contributed by atoms with E-state index in [2.05, 4.69) is 5.32 Å². The van der Waals surface area contributed by atoms with E-state index in [-0.39, 0.29) is 17.5 Å². The Balaban J connectivity index is 1.53. The van der Waals surface area contributed by atoms with Gasteiger partial charge in [-0.2, -0.15) is 0 Å². The number of halogens is 1. The second-order valence-corrected chi connectivity index (χ2v) is 6.57. The molecule has 0 fully saturated rings. The van der Waals surface area contributed by atoms with Gasteiger partial charge in [-0.05, 0) is 60.7 Å². The number of esters is 1. The molecule has 2 amide bonds. The minimum Gasteiger partial charge on any atom is -0.450 e. The normalized spacial score (nSPS) is 10.4. The minimum absolute atomic E-state index is 0.0753. The van der Waals surface area contributed by atoms with Gasteiger partial charge in [0.05, 0.1) is 0 Å². The van der Waals surface area contributed by atoms with Crippen molar-refractivity contribution in [1.29, 1.82) is 0 Å². The maximum Gasteiger partial charge on any atom is 0.374 e. The molecule has 154 valence electrons. The van der Waals surface area contributed by atoms with Crippen molar-refractivity contribution in [1.82, 2.24) is 4.90 Å². The Kier molecular flexibility index (Phi) is 6.26. The van der Waals surface area contributed by atoms with Gasteiger partial charge in [-0.25, -0.2) is 9.18 Å². The fourth-order valence-corrected chi connectivity index (χ4v) is 2.57. The first-order valence-electron chi connectivity index (χ1n) is 8.98. The van der Waals surface area contributed by atoms with E-state index in [1.54, 1.807) is 44.4 Å². The molecule has 0 unspecified atom stereocenters. The Morgan fingerprint density at radius 3 is 2.27 bits per heavy atom. The topological polar surface area (TPSA) is 88.9 Å². The number of amides is 2. The highest BCUT2D eigenvalue weighted by molar-refractivity contribution is 5.96. The third-order valence-corrected chi connectivity index (χ3v) is 4.09. The van der Waals surface area contributed by atoms with Gasteiger partial charge in [-0.1, -0.05) is 0 Å². The second-order valence-electron chi connectivity index (χ2n) is 6.57. The van der Waals surface area contributed by atoms with Crippen LogP contribution in [0, 0.1) is 5.82 Å². The van der Waals surface area contributed by atoms with Gasteiger partial charge in [0, 0.05) is 30.9 Å². The Hall–Kier alpha value is -3.94. The van der Waals surface area contributed by atoms with Gasteiger partial charge >= 0.3 is 5.97 Å². The van der Waals surface area contributed by atoms with Crippen LogP contribution in [0.3, 0.4) is 0 Å². The molecule has 0 radical (unpaired) electrons. The van der Waals surface area contributed by atoms with Crippen molar-refractivity contribution in [2.45, 2.75) is 0 Å². The van der Waals surface area contributed by atoms with Crippen LogP contribution in [0.2, 0.25) is 0 Å². The van der Waals surface area contributed by atoms with Crippen molar-refractivity contribution in [2.75, 3.05) is 26.0 Å². The zero-order valence-corrected chi connectivity index (χ0v) is 16.3. The summed E-state index contributed by atoms with van der Waals surface area (Å²) in [5, 5.41) is 2.57. The highest BCUT2D eigenvalue weighted by Crippen LogP contribution is 2.22. The Bertz CT molecular complexity index is 1060. The number of nitrogens with zero attached hydrogens (tertiary/aromatic N) is 1. The van der Waals surface area contributed by atoms with Crippen molar-refractivity contribution < 1.29 is 27.9 Å². The van der Waals surface area contributed by atoms with E-state index in [9.17, 15) is 18.8 Å². The number of furan rings is 1. The van der Waals surface area contributed by atoms with Crippen LogP contribution >= 0.6 is 0 Å². The fraction of sp³-hybridized carbons (Fsp3) is 0.136. The fourth-order valence-electron chi connectivity index (χ4n) is 2.57. The van der Waals surface area contributed by atoms with Gasteiger partial charge in [0.1, 0.15) is 11.6 Å².